The zero-order chi connectivity index (χ0) is 16.4. The molecule has 2 aliphatic heterocycles. The summed E-state index contributed by atoms with van der Waals surface area (Å²) in [6.07, 6.45) is 5.40. The first-order valence-corrected chi connectivity index (χ1v) is 10.1. The third-order valence-corrected chi connectivity index (χ3v) is 7.35. The quantitative estimate of drug-likeness (QED) is 0.843. The van der Waals surface area contributed by atoms with Crippen molar-refractivity contribution >= 4 is 10.0 Å². The maximum Gasteiger partial charge on any atom is 0.217 e. The van der Waals surface area contributed by atoms with Gasteiger partial charge >= 0.3 is 0 Å². The summed E-state index contributed by atoms with van der Waals surface area (Å²) in [6.45, 7) is 8.23. The third kappa shape index (κ3) is 3.75. The number of hydrogen-bond donors (Lipinski definition) is 0. The summed E-state index contributed by atoms with van der Waals surface area (Å²) in [6, 6.07) is 4.04. The molecule has 2 fully saturated rings. The Morgan fingerprint density at radius 3 is 2.78 bits per heavy atom. The molecule has 0 aliphatic carbocycles. The Kier molecular flexibility index (Phi) is 5.04. The monoisotopic (exact) mass is 337 g/mol. The molecule has 23 heavy (non-hydrogen) atoms. The van der Waals surface area contributed by atoms with E-state index in [0.29, 0.717) is 19.0 Å². The minimum Gasteiger partial charge on any atom is -0.299 e. The van der Waals surface area contributed by atoms with Crippen molar-refractivity contribution in [1.29, 1.82) is 0 Å². The van der Waals surface area contributed by atoms with E-state index in [4.69, 9.17) is 0 Å². The fraction of sp³-hybridized carbons (Fsp3) is 0.706. The van der Waals surface area contributed by atoms with Gasteiger partial charge in [-0.3, -0.25) is 9.88 Å². The summed E-state index contributed by atoms with van der Waals surface area (Å²) < 4.78 is 27.3. The molecule has 0 saturated carbocycles. The summed E-state index contributed by atoms with van der Waals surface area (Å²) in [7, 11) is -3.11. The van der Waals surface area contributed by atoms with Crippen molar-refractivity contribution in [2.45, 2.75) is 38.5 Å². The van der Waals surface area contributed by atoms with Crippen LogP contribution in [-0.2, 0) is 16.6 Å². The van der Waals surface area contributed by atoms with Gasteiger partial charge in [-0.15, -0.1) is 0 Å². The van der Waals surface area contributed by atoms with Crippen LogP contribution in [0.15, 0.2) is 24.5 Å². The number of fused-ring (bicyclic) bond motifs is 1. The van der Waals surface area contributed by atoms with E-state index in [9.17, 15) is 8.42 Å². The van der Waals surface area contributed by atoms with Crippen LogP contribution in [-0.4, -0.2) is 54.0 Å². The first kappa shape index (κ1) is 16.9. The minimum absolute atomic E-state index is 0.180. The Morgan fingerprint density at radius 2 is 2.09 bits per heavy atom. The lowest BCUT2D eigenvalue weighted by Gasteiger charge is -2.22. The molecule has 5 nitrogen and oxygen atoms in total. The van der Waals surface area contributed by atoms with Gasteiger partial charge in [0.1, 0.15) is 0 Å². The number of rotatable bonds is 4. The number of sulfonamides is 1. The predicted molar refractivity (Wildman–Crippen MR) is 91.4 cm³/mol. The van der Waals surface area contributed by atoms with Gasteiger partial charge in [-0.1, -0.05) is 19.9 Å². The highest BCUT2D eigenvalue weighted by Gasteiger charge is 2.46. The molecular formula is C17H27N3O2S. The largest absolute Gasteiger partial charge is 0.299 e. The zero-order valence-corrected chi connectivity index (χ0v) is 14.9. The van der Waals surface area contributed by atoms with Crippen molar-refractivity contribution in [3.05, 3.63) is 30.1 Å². The van der Waals surface area contributed by atoms with Crippen LogP contribution in [0, 0.1) is 11.8 Å². The Balaban J connectivity index is 1.65. The number of pyridine rings is 1. The smallest absolute Gasteiger partial charge is 0.217 e. The van der Waals surface area contributed by atoms with Gasteiger partial charge in [0.15, 0.2) is 0 Å². The molecule has 3 rings (SSSR count). The maximum absolute atomic E-state index is 12.8. The first-order chi connectivity index (χ1) is 11.0. The van der Waals surface area contributed by atoms with Gasteiger partial charge < -0.3 is 0 Å². The second-order valence-electron chi connectivity index (χ2n) is 7.27. The average molecular weight is 337 g/mol. The lowest BCUT2D eigenvalue weighted by atomic mass is 10.0. The van der Waals surface area contributed by atoms with Crippen LogP contribution in [0.2, 0.25) is 0 Å². The molecule has 2 atom stereocenters. The molecule has 3 heterocycles. The molecule has 0 N–H and O–H groups in total. The summed E-state index contributed by atoms with van der Waals surface area (Å²) >= 11 is 0. The molecule has 0 spiro atoms. The van der Waals surface area contributed by atoms with Gasteiger partial charge in [-0.2, -0.15) is 0 Å². The minimum atomic E-state index is -3.11. The molecule has 2 aliphatic rings. The summed E-state index contributed by atoms with van der Waals surface area (Å²) in [5.41, 5.74) is 1.20. The summed E-state index contributed by atoms with van der Waals surface area (Å²) in [5, 5.41) is -0.180. The van der Waals surface area contributed by atoms with E-state index in [-0.39, 0.29) is 11.2 Å². The fourth-order valence-electron chi connectivity index (χ4n) is 3.84. The van der Waals surface area contributed by atoms with Gasteiger partial charge in [-0.25, -0.2) is 12.7 Å². The number of aromatic nitrogens is 1. The highest BCUT2D eigenvalue weighted by Crippen LogP contribution is 2.34. The third-order valence-electron chi connectivity index (χ3n) is 4.95. The van der Waals surface area contributed by atoms with Crippen LogP contribution in [0.4, 0.5) is 0 Å². The lowest BCUT2D eigenvalue weighted by Crippen LogP contribution is -2.34. The van der Waals surface area contributed by atoms with E-state index in [1.807, 2.05) is 12.3 Å². The molecule has 6 heteroatoms. The van der Waals surface area contributed by atoms with Crippen LogP contribution in [0.5, 0.6) is 0 Å². The number of nitrogens with zero attached hydrogens (tertiary/aromatic N) is 3. The Hall–Kier alpha value is -0.980. The Labute approximate surface area is 139 Å². The van der Waals surface area contributed by atoms with Crippen LogP contribution in [0.3, 0.4) is 0 Å². The summed E-state index contributed by atoms with van der Waals surface area (Å²) in [4.78, 5) is 6.53. The van der Waals surface area contributed by atoms with E-state index >= 15 is 0 Å². The molecule has 0 bridgehead atoms. The molecule has 128 valence electrons. The number of likely N-dealkylation sites (tertiary alicyclic amines) is 1. The van der Waals surface area contributed by atoms with Gasteiger partial charge in [0, 0.05) is 32.0 Å². The topological polar surface area (TPSA) is 53.5 Å². The molecule has 2 saturated heterocycles. The van der Waals surface area contributed by atoms with Crippen LogP contribution < -0.4 is 0 Å². The van der Waals surface area contributed by atoms with Crippen molar-refractivity contribution in [2.75, 3.05) is 26.2 Å². The molecule has 1 aromatic rings. The van der Waals surface area contributed by atoms with Crippen molar-refractivity contribution in [2.24, 2.45) is 11.8 Å². The molecular weight excluding hydrogens is 310 g/mol. The van der Waals surface area contributed by atoms with Crippen molar-refractivity contribution in [1.82, 2.24) is 14.2 Å². The summed E-state index contributed by atoms with van der Waals surface area (Å²) in [5.74, 6) is 0.673. The van der Waals surface area contributed by atoms with Crippen molar-refractivity contribution in [3.63, 3.8) is 0 Å². The lowest BCUT2D eigenvalue weighted by molar-refractivity contribution is 0.265. The highest BCUT2D eigenvalue weighted by molar-refractivity contribution is 7.90. The van der Waals surface area contributed by atoms with Gasteiger partial charge in [-0.05, 0) is 49.4 Å². The molecule has 0 amide bonds. The van der Waals surface area contributed by atoms with Crippen LogP contribution in [0.25, 0.3) is 0 Å². The van der Waals surface area contributed by atoms with E-state index < -0.39 is 10.0 Å². The van der Waals surface area contributed by atoms with Crippen LogP contribution >= 0.6 is 0 Å². The molecule has 1 aromatic heterocycles. The highest BCUT2D eigenvalue weighted by atomic mass is 32.2. The SMILES string of the molecule is CC(C)CN1C[C@H]2CCN(Cc3cccnc3)CC[C@H]2S1(=O)=O. The standard InChI is InChI=1S/C17H27N3O2S/c1-14(2)11-20-13-16-5-8-19(9-6-17(16)23(20,21)22)12-15-4-3-7-18-10-15/h3-4,7,10,14,16-17H,5-6,8-9,11-13H2,1-2H3/t16-,17-/m1/s1. The number of hydrogen-bond acceptors (Lipinski definition) is 4. The van der Waals surface area contributed by atoms with Gasteiger partial charge in [0.2, 0.25) is 10.0 Å². The van der Waals surface area contributed by atoms with E-state index in [0.717, 1.165) is 32.5 Å². The normalized spacial score (nSPS) is 28.7. The average Bonchev–Trinajstić information content (AvgIpc) is 2.64. The van der Waals surface area contributed by atoms with E-state index in [1.54, 1.807) is 10.5 Å². The first-order valence-electron chi connectivity index (χ1n) is 8.57. The fourth-order valence-corrected chi connectivity index (χ4v) is 6.24. The molecule has 0 unspecified atom stereocenters. The van der Waals surface area contributed by atoms with E-state index in [1.165, 1.54) is 5.56 Å². The zero-order valence-electron chi connectivity index (χ0n) is 14.1. The van der Waals surface area contributed by atoms with Crippen molar-refractivity contribution < 1.29 is 8.42 Å². The molecule has 0 radical (unpaired) electrons. The second-order valence-corrected chi connectivity index (χ2v) is 9.42. The Bertz CT molecular complexity index is 618. The predicted octanol–water partition coefficient (Wildman–Crippen LogP) is 1.96. The van der Waals surface area contributed by atoms with Crippen molar-refractivity contribution in [3.8, 4) is 0 Å². The van der Waals surface area contributed by atoms with Crippen LogP contribution in [0.1, 0.15) is 32.3 Å². The Morgan fingerprint density at radius 1 is 1.30 bits per heavy atom. The molecule has 0 aromatic carbocycles. The maximum atomic E-state index is 12.8. The van der Waals surface area contributed by atoms with E-state index in [2.05, 4.69) is 29.8 Å². The second kappa shape index (κ2) is 6.87. The van der Waals surface area contributed by atoms with Gasteiger partial charge in [0.05, 0.1) is 5.25 Å². The van der Waals surface area contributed by atoms with Gasteiger partial charge in [0.25, 0.3) is 0 Å².